The molecule has 0 fully saturated rings. The Bertz CT molecular complexity index is 682. The quantitative estimate of drug-likeness (QED) is 0.630. The molecule has 0 spiro atoms. The third-order valence-corrected chi connectivity index (χ3v) is 3.29. The normalized spacial score (nSPS) is 10.9. The van der Waals surface area contributed by atoms with Gasteiger partial charge in [-0.1, -0.05) is 35.9 Å². The van der Waals surface area contributed by atoms with Gasteiger partial charge in [0, 0.05) is 22.1 Å². The average Bonchev–Trinajstić information content (AvgIpc) is 2.76. The first kappa shape index (κ1) is 10.4. The summed E-state index contributed by atoms with van der Waals surface area (Å²) in [6.45, 7) is 2.12. The Kier molecular flexibility index (Phi) is 2.41. The zero-order chi connectivity index (χ0) is 11.8. The van der Waals surface area contributed by atoms with Crippen molar-refractivity contribution >= 4 is 22.5 Å². The molecule has 0 saturated heterocycles. The lowest BCUT2D eigenvalue weighted by Crippen LogP contribution is -1.84. The zero-order valence-electron chi connectivity index (χ0n) is 9.50. The van der Waals surface area contributed by atoms with Crippen molar-refractivity contribution in [2.75, 3.05) is 0 Å². The van der Waals surface area contributed by atoms with Crippen molar-refractivity contribution in [3.63, 3.8) is 0 Å². The molecular weight excluding hydrogens is 230 g/mol. The molecule has 1 nitrogen and oxygen atoms in total. The van der Waals surface area contributed by atoms with E-state index in [4.69, 9.17) is 11.6 Å². The molecule has 0 amide bonds. The van der Waals surface area contributed by atoms with E-state index in [1.165, 1.54) is 22.1 Å². The molecular formula is C15H12ClN. The maximum absolute atomic E-state index is 6.16. The molecule has 0 bridgehead atoms. The number of aromatic nitrogens is 1. The Labute approximate surface area is 105 Å². The minimum atomic E-state index is 0.762. The van der Waals surface area contributed by atoms with E-state index in [0.29, 0.717) is 0 Å². The highest BCUT2D eigenvalue weighted by Crippen LogP contribution is 2.33. The summed E-state index contributed by atoms with van der Waals surface area (Å²) in [5.74, 6) is 0. The molecule has 3 aromatic rings. The van der Waals surface area contributed by atoms with Gasteiger partial charge in [0.25, 0.3) is 0 Å². The molecule has 2 aromatic carbocycles. The number of H-pyrrole nitrogens is 1. The van der Waals surface area contributed by atoms with E-state index < -0.39 is 0 Å². The molecule has 0 radical (unpaired) electrons. The van der Waals surface area contributed by atoms with Gasteiger partial charge in [-0.3, -0.25) is 0 Å². The predicted molar refractivity (Wildman–Crippen MR) is 73.5 cm³/mol. The molecule has 2 heteroatoms. The van der Waals surface area contributed by atoms with E-state index in [-0.39, 0.29) is 0 Å². The molecule has 3 rings (SSSR count). The van der Waals surface area contributed by atoms with E-state index in [2.05, 4.69) is 42.2 Å². The highest BCUT2D eigenvalue weighted by molar-refractivity contribution is 6.32. The van der Waals surface area contributed by atoms with Gasteiger partial charge in [-0.05, 0) is 41.8 Å². The maximum Gasteiger partial charge on any atom is 0.0475 e. The second kappa shape index (κ2) is 3.94. The van der Waals surface area contributed by atoms with Crippen molar-refractivity contribution in [3.8, 4) is 11.1 Å². The van der Waals surface area contributed by atoms with Crippen LogP contribution in [0.25, 0.3) is 22.0 Å². The fourth-order valence-electron chi connectivity index (χ4n) is 2.23. The fraction of sp³-hybridized carbons (Fsp3) is 0.0667. The van der Waals surface area contributed by atoms with Crippen molar-refractivity contribution in [1.29, 1.82) is 0 Å². The minimum absolute atomic E-state index is 0.762. The van der Waals surface area contributed by atoms with E-state index in [1.54, 1.807) is 0 Å². The summed E-state index contributed by atoms with van der Waals surface area (Å²) in [5.41, 5.74) is 4.76. The van der Waals surface area contributed by atoms with Crippen LogP contribution in [0.4, 0.5) is 0 Å². The Hall–Kier alpha value is -1.73. The van der Waals surface area contributed by atoms with Crippen LogP contribution in [-0.2, 0) is 0 Å². The Balaban J connectivity index is 2.37. The van der Waals surface area contributed by atoms with E-state index in [0.717, 1.165) is 10.5 Å². The summed E-state index contributed by atoms with van der Waals surface area (Å²) in [5, 5.41) is 1.97. The number of hydrogen-bond donors (Lipinski definition) is 1. The summed E-state index contributed by atoms with van der Waals surface area (Å²) in [7, 11) is 0. The summed E-state index contributed by atoms with van der Waals surface area (Å²) in [4.78, 5) is 3.21. The van der Waals surface area contributed by atoms with Crippen molar-refractivity contribution in [2.45, 2.75) is 6.92 Å². The summed E-state index contributed by atoms with van der Waals surface area (Å²) in [6, 6.07) is 14.4. The van der Waals surface area contributed by atoms with Gasteiger partial charge >= 0.3 is 0 Å². The van der Waals surface area contributed by atoms with Crippen LogP contribution in [0.1, 0.15) is 5.56 Å². The smallest absolute Gasteiger partial charge is 0.0475 e. The van der Waals surface area contributed by atoms with Crippen LogP contribution in [0.3, 0.4) is 0 Å². The van der Waals surface area contributed by atoms with E-state index >= 15 is 0 Å². The van der Waals surface area contributed by atoms with Crippen LogP contribution >= 0.6 is 11.6 Å². The average molecular weight is 242 g/mol. The molecule has 0 atom stereocenters. The van der Waals surface area contributed by atoms with Crippen molar-refractivity contribution in [1.82, 2.24) is 4.98 Å². The topological polar surface area (TPSA) is 15.8 Å². The first-order chi connectivity index (χ1) is 8.25. The number of rotatable bonds is 1. The van der Waals surface area contributed by atoms with Gasteiger partial charge in [0.2, 0.25) is 0 Å². The van der Waals surface area contributed by atoms with Gasteiger partial charge in [0.05, 0.1) is 0 Å². The Morgan fingerprint density at radius 1 is 1.00 bits per heavy atom. The number of hydrogen-bond acceptors (Lipinski definition) is 0. The van der Waals surface area contributed by atoms with Crippen molar-refractivity contribution in [2.24, 2.45) is 0 Å². The van der Waals surface area contributed by atoms with Crippen LogP contribution in [0.15, 0.2) is 48.7 Å². The van der Waals surface area contributed by atoms with Crippen LogP contribution in [-0.4, -0.2) is 4.98 Å². The molecule has 84 valence electrons. The summed E-state index contributed by atoms with van der Waals surface area (Å²) >= 11 is 6.16. The summed E-state index contributed by atoms with van der Waals surface area (Å²) in [6.07, 6.45) is 1.95. The predicted octanol–water partition coefficient (Wildman–Crippen LogP) is 4.80. The SMILES string of the molecule is Cc1ccccc1-c1cc(Cl)cc2[nH]ccc12. The van der Waals surface area contributed by atoms with Gasteiger partial charge < -0.3 is 4.98 Å². The van der Waals surface area contributed by atoms with Crippen LogP contribution in [0.5, 0.6) is 0 Å². The second-order valence-corrected chi connectivity index (χ2v) is 4.64. The first-order valence-electron chi connectivity index (χ1n) is 5.58. The van der Waals surface area contributed by atoms with Gasteiger partial charge in [-0.2, -0.15) is 0 Å². The van der Waals surface area contributed by atoms with Crippen molar-refractivity contribution in [3.05, 3.63) is 59.2 Å². The third-order valence-electron chi connectivity index (χ3n) is 3.07. The molecule has 1 aromatic heterocycles. The number of aryl methyl sites for hydroxylation is 1. The van der Waals surface area contributed by atoms with Crippen molar-refractivity contribution < 1.29 is 0 Å². The molecule has 0 saturated carbocycles. The number of nitrogens with one attached hydrogen (secondary N) is 1. The Morgan fingerprint density at radius 3 is 2.65 bits per heavy atom. The minimum Gasteiger partial charge on any atom is -0.361 e. The molecule has 0 aliphatic rings. The second-order valence-electron chi connectivity index (χ2n) is 4.21. The van der Waals surface area contributed by atoms with Gasteiger partial charge in [0.15, 0.2) is 0 Å². The highest BCUT2D eigenvalue weighted by atomic mass is 35.5. The lowest BCUT2D eigenvalue weighted by Gasteiger charge is -2.08. The number of halogens is 1. The standard InChI is InChI=1S/C15H12ClN/c1-10-4-2-3-5-12(10)14-8-11(16)9-15-13(14)6-7-17-15/h2-9,17H,1H3. The third kappa shape index (κ3) is 1.73. The highest BCUT2D eigenvalue weighted by Gasteiger charge is 2.08. The fourth-order valence-corrected chi connectivity index (χ4v) is 2.45. The zero-order valence-corrected chi connectivity index (χ0v) is 10.3. The van der Waals surface area contributed by atoms with E-state index in [9.17, 15) is 0 Å². The molecule has 0 unspecified atom stereocenters. The number of benzene rings is 2. The molecule has 1 heterocycles. The first-order valence-corrected chi connectivity index (χ1v) is 5.96. The van der Waals surface area contributed by atoms with Crippen LogP contribution in [0.2, 0.25) is 5.02 Å². The van der Waals surface area contributed by atoms with Gasteiger partial charge in [-0.15, -0.1) is 0 Å². The molecule has 0 aliphatic heterocycles. The lowest BCUT2D eigenvalue weighted by molar-refractivity contribution is 1.46. The van der Waals surface area contributed by atoms with Gasteiger partial charge in [0.1, 0.15) is 0 Å². The number of fused-ring (bicyclic) bond motifs is 1. The molecule has 17 heavy (non-hydrogen) atoms. The largest absolute Gasteiger partial charge is 0.361 e. The van der Waals surface area contributed by atoms with Crippen LogP contribution in [0, 0.1) is 6.92 Å². The monoisotopic (exact) mass is 241 g/mol. The maximum atomic E-state index is 6.16. The lowest BCUT2D eigenvalue weighted by atomic mass is 9.98. The molecule has 0 aliphatic carbocycles. The number of aromatic amines is 1. The Morgan fingerprint density at radius 2 is 1.82 bits per heavy atom. The van der Waals surface area contributed by atoms with E-state index in [1.807, 2.05) is 18.3 Å². The molecule has 1 N–H and O–H groups in total. The van der Waals surface area contributed by atoms with Crippen LogP contribution < -0.4 is 0 Å². The summed E-state index contributed by atoms with van der Waals surface area (Å²) < 4.78 is 0. The van der Waals surface area contributed by atoms with Gasteiger partial charge in [-0.25, -0.2) is 0 Å².